The lowest BCUT2D eigenvalue weighted by Gasteiger charge is -2.25. The summed E-state index contributed by atoms with van der Waals surface area (Å²) in [7, 11) is -3.75. The van der Waals surface area contributed by atoms with Gasteiger partial charge in [0.15, 0.2) is 0 Å². The molecule has 0 bridgehead atoms. The van der Waals surface area contributed by atoms with Crippen LogP contribution in [0.3, 0.4) is 0 Å². The highest BCUT2D eigenvalue weighted by Gasteiger charge is 2.31. The second-order valence-corrected chi connectivity index (χ2v) is 11.5. The Bertz CT molecular complexity index is 1160. The third kappa shape index (κ3) is 5.01. The lowest BCUT2D eigenvalue weighted by atomic mass is 10.3. The molecule has 0 spiro atoms. The topological polar surface area (TPSA) is 92.8 Å². The van der Waals surface area contributed by atoms with E-state index in [4.69, 9.17) is 4.74 Å². The van der Waals surface area contributed by atoms with Gasteiger partial charge in [-0.25, -0.2) is 13.2 Å². The number of rotatable bonds is 6. The first-order valence-corrected chi connectivity index (χ1v) is 13.6. The van der Waals surface area contributed by atoms with Gasteiger partial charge in [-0.05, 0) is 47.2 Å². The molecule has 1 aliphatic rings. The predicted octanol–water partition coefficient (Wildman–Crippen LogP) is 4.02. The number of hydrogen-bond donors (Lipinski definition) is 1. The zero-order chi connectivity index (χ0) is 21.8. The predicted molar refractivity (Wildman–Crippen MR) is 124 cm³/mol. The molecule has 0 aliphatic carbocycles. The van der Waals surface area contributed by atoms with Crippen LogP contribution < -0.4 is 10.1 Å². The van der Waals surface area contributed by atoms with Crippen molar-refractivity contribution in [2.45, 2.75) is 4.90 Å². The zero-order valence-electron chi connectivity index (χ0n) is 16.1. The molecule has 3 aromatic rings. The molecule has 1 saturated heterocycles. The Balaban J connectivity index is 1.44. The van der Waals surface area contributed by atoms with Crippen molar-refractivity contribution in [2.24, 2.45) is 0 Å². The van der Waals surface area contributed by atoms with Gasteiger partial charge in [0.05, 0.1) is 4.88 Å². The number of ether oxygens (including phenoxy) is 1. The summed E-state index contributed by atoms with van der Waals surface area (Å²) in [6, 6.07) is 11.3. The Hall–Kier alpha value is -2.18. The number of hydrogen-bond acceptors (Lipinski definition) is 8. The standard InChI is InChI=1S/C20H18N2O5S4/c23-19(16-2-1-10-29-16)21-14-3-5-15(6-4-14)27-20(24)18-17(7-11-30-18)31(25,26)22-8-12-28-13-9-22/h1-7,10-11H,8-9,12-13H2,(H,21,23). The van der Waals surface area contributed by atoms with Crippen molar-refractivity contribution in [3.05, 3.63) is 63.0 Å². The lowest BCUT2D eigenvalue weighted by Crippen LogP contribution is -2.38. The SMILES string of the molecule is O=C(Nc1ccc(OC(=O)c2sccc2S(=O)(=O)N2CCSCC2)cc1)c1cccs1. The molecule has 11 heteroatoms. The molecule has 7 nitrogen and oxygen atoms in total. The summed E-state index contributed by atoms with van der Waals surface area (Å²) < 4.78 is 32.7. The third-order valence-electron chi connectivity index (χ3n) is 4.47. The highest BCUT2D eigenvalue weighted by Crippen LogP contribution is 2.28. The second-order valence-electron chi connectivity index (χ2n) is 6.48. The van der Waals surface area contributed by atoms with Gasteiger partial charge in [0.1, 0.15) is 15.5 Å². The second kappa shape index (κ2) is 9.53. The van der Waals surface area contributed by atoms with Gasteiger partial charge in [-0.2, -0.15) is 16.1 Å². The number of anilines is 1. The molecule has 0 atom stereocenters. The van der Waals surface area contributed by atoms with Crippen molar-refractivity contribution in [1.29, 1.82) is 0 Å². The van der Waals surface area contributed by atoms with Crippen LogP contribution in [0.5, 0.6) is 5.75 Å². The number of sulfonamides is 1. The number of nitrogens with one attached hydrogen (secondary N) is 1. The zero-order valence-corrected chi connectivity index (χ0v) is 19.4. The normalized spacial score (nSPS) is 14.8. The van der Waals surface area contributed by atoms with E-state index in [0.29, 0.717) is 23.7 Å². The number of carbonyl (C=O) groups is 2. The Kier molecular flexibility index (Phi) is 6.77. The van der Waals surface area contributed by atoms with Gasteiger partial charge < -0.3 is 10.1 Å². The molecular weight excluding hydrogens is 476 g/mol. The number of nitrogens with zero attached hydrogens (tertiary/aromatic N) is 1. The van der Waals surface area contributed by atoms with E-state index >= 15 is 0 Å². The quantitative estimate of drug-likeness (QED) is 0.411. The minimum absolute atomic E-state index is 0.0192. The number of carbonyl (C=O) groups excluding carboxylic acids is 2. The highest BCUT2D eigenvalue weighted by atomic mass is 32.2. The fourth-order valence-corrected chi connectivity index (χ4v) is 7.40. The molecule has 0 unspecified atom stereocenters. The fourth-order valence-electron chi connectivity index (χ4n) is 2.94. The number of amides is 1. The lowest BCUT2D eigenvalue weighted by molar-refractivity contribution is 0.0735. The van der Waals surface area contributed by atoms with Gasteiger partial charge in [-0.15, -0.1) is 22.7 Å². The smallest absolute Gasteiger partial charge is 0.355 e. The fraction of sp³-hybridized carbons (Fsp3) is 0.200. The Morgan fingerprint density at radius 2 is 1.71 bits per heavy atom. The summed E-state index contributed by atoms with van der Waals surface area (Å²) in [5, 5.41) is 6.16. The maximum Gasteiger partial charge on any atom is 0.355 e. The molecule has 1 amide bonds. The van der Waals surface area contributed by atoms with Crippen molar-refractivity contribution >= 4 is 62.0 Å². The molecule has 1 aromatic carbocycles. The van der Waals surface area contributed by atoms with E-state index in [2.05, 4.69) is 5.32 Å². The van der Waals surface area contributed by atoms with Crippen molar-refractivity contribution in [1.82, 2.24) is 4.31 Å². The Labute approximate surface area is 192 Å². The summed E-state index contributed by atoms with van der Waals surface area (Å²) >= 11 is 4.08. The number of thiophene rings is 2. The number of benzene rings is 1. The van der Waals surface area contributed by atoms with Gasteiger partial charge in [-0.3, -0.25) is 4.79 Å². The molecular formula is C20H18N2O5S4. The van der Waals surface area contributed by atoms with E-state index in [1.807, 2.05) is 5.38 Å². The van der Waals surface area contributed by atoms with Crippen LogP contribution >= 0.6 is 34.4 Å². The molecule has 1 aliphatic heterocycles. The van der Waals surface area contributed by atoms with Crippen LogP contribution in [-0.2, 0) is 10.0 Å². The molecule has 0 radical (unpaired) electrons. The molecule has 2 aromatic heterocycles. The van der Waals surface area contributed by atoms with Gasteiger partial charge in [0.25, 0.3) is 5.91 Å². The minimum atomic E-state index is -3.75. The van der Waals surface area contributed by atoms with Crippen LogP contribution in [-0.4, -0.2) is 49.2 Å². The van der Waals surface area contributed by atoms with E-state index in [0.717, 1.165) is 22.8 Å². The van der Waals surface area contributed by atoms with Gasteiger partial charge in [0.2, 0.25) is 10.0 Å². The van der Waals surface area contributed by atoms with Crippen LogP contribution in [0.25, 0.3) is 0 Å². The van der Waals surface area contributed by atoms with E-state index in [1.165, 1.54) is 21.7 Å². The van der Waals surface area contributed by atoms with Crippen LogP contribution in [0, 0.1) is 0 Å². The van der Waals surface area contributed by atoms with Crippen LogP contribution in [0.15, 0.2) is 58.1 Å². The van der Waals surface area contributed by atoms with Crippen LogP contribution in [0.4, 0.5) is 5.69 Å². The number of esters is 1. The third-order valence-corrected chi connectivity index (χ3v) is 9.25. The molecule has 1 N–H and O–H groups in total. The maximum atomic E-state index is 12.9. The average Bonchev–Trinajstić information content (AvgIpc) is 3.48. The Morgan fingerprint density at radius 1 is 0.968 bits per heavy atom. The van der Waals surface area contributed by atoms with Crippen molar-refractivity contribution in [3.63, 3.8) is 0 Å². The summed E-state index contributed by atoms with van der Waals surface area (Å²) in [6.45, 7) is 0.853. The molecule has 31 heavy (non-hydrogen) atoms. The first-order valence-electron chi connectivity index (χ1n) is 9.27. The van der Waals surface area contributed by atoms with Crippen LogP contribution in [0.2, 0.25) is 0 Å². The Morgan fingerprint density at radius 3 is 2.39 bits per heavy atom. The van der Waals surface area contributed by atoms with E-state index in [1.54, 1.807) is 53.5 Å². The summed E-state index contributed by atoms with van der Waals surface area (Å²) in [5.74, 6) is 0.779. The summed E-state index contributed by atoms with van der Waals surface area (Å²) in [5.41, 5.74) is 0.556. The minimum Gasteiger partial charge on any atom is -0.422 e. The molecule has 3 heterocycles. The first-order chi connectivity index (χ1) is 14.9. The molecule has 4 rings (SSSR count). The number of thioether (sulfide) groups is 1. The molecule has 0 saturated carbocycles. The largest absolute Gasteiger partial charge is 0.422 e. The maximum absolute atomic E-state index is 12.9. The van der Waals surface area contributed by atoms with Crippen LogP contribution in [0.1, 0.15) is 19.3 Å². The van der Waals surface area contributed by atoms with E-state index in [-0.39, 0.29) is 21.4 Å². The van der Waals surface area contributed by atoms with E-state index in [9.17, 15) is 18.0 Å². The van der Waals surface area contributed by atoms with Crippen molar-refractivity contribution in [3.8, 4) is 5.75 Å². The van der Waals surface area contributed by atoms with Gasteiger partial charge in [0, 0.05) is 30.3 Å². The monoisotopic (exact) mass is 494 g/mol. The first kappa shape index (κ1) is 22.0. The van der Waals surface area contributed by atoms with Gasteiger partial charge in [-0.1, -0.05) is 6.07 Å². The van der Waals surface area contributed by atoms with E-state index < -0.39 is 16.0 Å². The highest BCUT2D eigenvalue weighted by molar-refractivity contribution is 7.99. The summed E-state index contributed by atoms with van der Waals surface area (Å²) in [6.07, 6.45) is 0. The average molecular weight is 495 g/mol. The molecule has 1 fully saturated rings. The van der Waals surface area contributed by atoms with Crippen molar-refractivity contribution < 1.29 is 22.7 Å². The van der Waals surface area contributed by atoms with Crippen molar-refractivity contribution in [2.75, 3.05) is 29.9 Å². The summed E-state index contributed by atoms with van der Waals surface area (Å²) in [4.78, 5) is 25.4. The molecule has 162 valence electrons. The van der Waals surface area contributed by atoms with Gasteiger partial charge >= 0.3 is 5.97 Å².